The minimum Gasteiger partial charge on any atom is -0.487 e. The maximum Gasteiger partial charge on any atom is 0.263 e. The van der Waals surface area contributed by atoms with Crippen LogP contribution in [0.3, 0.4) is 0 Å². The molecule has 8 heteroatoms. The first-order chi connectivity index (χ1) is 12.8. The average molecular weight is 604 g/mol. The number of hydrogen-bond donors (Lipinski definition) is 2. The lowest BCUT2D eigenvalue weighted by atomic mass is 10.1. The number of carbonyl (C=O) groups excluding carboxylic acids is 2. The molecule has 1 aliphatic heterocycles. The number of amides is 2. The summed E-state index contributed by atoms with van der Waals surface area (Å²) in [5.41, 5.74) is 3.05. The van der Waals surface area contributed by atoms with Crippen LogP contribution >= 0.6 is 57.4 Å². The molecule has 1 saturated heterocycles. The van der Waals surface area contributed by atoms with Crippen molar-refractivity contribution >= 4 is 80.4 Å². The Hall–Kier alpha value is -1.53. The van der Waals surface area contributed by atoms with Crippen LogP contribution in [0.25, 0.3) is 6.08 Å². The van der Waals surface area contributed by atoms with Crippen LogP contribution in [0.1, 0.15) is 16.7 Å². The summed E-state index contributed by atoms with van der Waals surface area (Å²) in [6, 6.07) is 11.9. The van der Waals surface area contributed by atoms with E-state index < -0.39 is 11.8 Å². The second kappa shape index (κ2) is 8.65. The summed E-state index contributed by atoms with van der Waals surface area (Å²) in [4.78, 5) is 24.0. The quantitative estimate of drug-likeness (QED) is 0.242. The number of carbonyl (C=O) groups is 2. The molecule has 0 atom stereocenters. The summed E-state index contributed by atoms with van der Waals surface area (Å²) < 4.78 is 7.77. The highest BCUT2D eigenvalue weighted by Crippen LogP contribution is 2.30. The van der Waals surface area contributed by atoms with Gasteiger partial charge in [-0.15, -0.1) is 0 Å². The highest BCUT2D eigenvalue weighted by atomic mass is 127. The Bertz CT molecular complexity index is 926. The molecule has 27 heavy (non-hydrogen) atoms. The molecule has 1 heterocycles. The van der Waals surface area contributed by atoms with Crippen LogP contribution in [-0.4, -0.2) is 16.9 Å². The van der Waals surface area contributed by atoms with Crippen LogP contribution in [0.4, 0.5) is 0 Å². The lowest BCUT2D eigenvalue weighted by Gasteiger charge is -2.16. The third kappa shape index (κ3) is 5.05. The monoisotopic (exact) mass is 604 g/mol. The maximum absolute atomic E-state index is 12.0. The van der Waals surface area contributed by atoms with Gasteiger partial charge in [0.15, 0.2) is 5.11 Å². The molecular formula is C19H14I2N2O3S. The largest absolute Gasteiger partial charge is 0.487 e. The second-order valence-electron chi connectivity index (χ2n) is 5.88. The van der Waals surface area contributed by atoms with Gasteiger partial charge >= 0.3 is 0 Å². The number of ether oxygens (including phenoxy) is 1. The minimum absolute atomic E-state index is 0.0172. The van der Waals surface area contributed by atoms with Crippen molar-refractivity contribution in [2.45, 2.75) is 13.5 Å². The molecular weight excluding hydrogens is 590 g/mol. The van der Waals surface area contributed by atoms with Gasteiger partial charge in [0.05, 0.1) is 7.14 Å². The summed E-state index contributed by atoms with van der Waals surface area (Å²) >= 11 is 9.18. The molecule has 2 N–H and O–H groups in total. The molecule has 0 radical (unpaired) electrons. The van der Waals surface area contributed by atoms with Crippen LogP contribution in [0.2, 0.25) is 0 Å². The first-order valence-electron chi connectivity index (χ1n) is 7.89. The number of aryl methyl sites for hydroxylation is 1. The number of benzene rings is 2. The molecule has 0 spiro atoms. The summed E-state index contributed by atoms with van der Waals surface area (Å²) in [6.45, 7) is 2.51. The van der Waals surface area contributed by atoms with Crippen LogP contribution in [0.5, 0.6) is 5.75 Å². The van der Waals surface area contributed by atoms with Crippen LogP contribution < -0.4 is 15.4 Å². The molecule has 0 bridgehead atoms. The molecule has 2 aromatic rings. The topological polar surface area (TPSA) is 67.4 Å². The number of rotatable bonds is 4. The lowest BCUT2D eigenvalue weighted by Crippen LogP contribution is -2.51. The van der Waals surface area contributed by atoms with Gasteiger partial charge in [0.1, 0.15) is 17.9 Å². The van der Waals surface area contributed by atoms with Crippen molar-refractivity contribution in [2.24, 2.45) is 0 Å². The van der Waals surface area contributed by atoms with Gasteiger partial charge in [-0.3, -0.25) is 20.2 Å². The summed E-state index contributed by atoms with van der Waals surface area (Å²) in [5, 5.41) is 4.87. The van der Waals surface area contributed by atoms with Crippen LogP contribution in [0.15, 0.2) is 42.0 Å². The molecule has 2 amide bonds. The highest BCUT2D eigenvalue weighted by Gasteiger charge is 2.25. The van der Waals surface area contributed by atoms with Crippen molar-refractivity contribution in [3.05, 3.63) is 65.8 Å². The highest BCUT2D eigenvalue weighted by molar-refractivity contribution is 14.1. The van der Waals surface area contributed by atoms with E-state index in [1.165, 1.54) is 5.56 Å². The van der Waals surface area contributed by atoms with E-state index in [1.54, 1.807) is 6.08 Å². The fourth-order valence-electron chi connectivity index (χ4n) is 2.41. The normalized spacial score (nSPS) is 13.9. The zero-order valence-electron chi connectivity index (χ0n) is 14.1. The third-order valence-corrected chi connectivity index (χ3v) is 5.59. The van der Waals surface area contributed by atoms with Crippen molar-refractivity contribution < 1.29 is 14.3 Å². The first-order valence-corrected chi connectivity index (χ1v) is 10.5. The molecule has 1 fully saturated rings. The Morgan fingerprint density at radius 2 is 1.59 bits per heavy atom. The van der Waals surface area contributed by atoms with E-state index in [2.05, 4.69) is 67.9 Å². The Morgan fingerprint density at radius 1 is 1.04 bits per heavy atom. The summed E-state index contributed by atoms with van der Waals surface area (Å²) in [7, 11) is 0. The van der Waals surface area contributed by atoms with E-state index in [1.807, 2.05) is 31.2 Å². The number of halogens is 2. The van der Waals surface area contributed by atoms with Crippen molar-refractivity contribution in [1.29, 1.82) is 0 Å². The Balaban J connectivity index is 1.81. The summed E-state index contributed by atoms with van der Waals surface area (Å²) in [5.74, 6) is -0.237. The minimum atomic E-state index is -0.506. The standard InChI is InChI=1S/C19H14I2N2O3S/c1-10-2-4-11(5-3-10)9-26-16-14(20)7-12(8-15(16)21)6-13-17(24)22-19(27)23-18(13)25/h2-8H,9H2,1H3,(H2,22,23,24,25,27). The zero-order valence-corrected chi connectivity index (χ0v) is 19.3. The predicted molar refractivity (Wildman–Crippen MR) is 124 cm³/mol. The fourth-order valence-corrected chi connectivity index (χ4v) is 4.73. The van der Waals surface area contributed by atoms with Gasteiger partial charge in [-0.05, 0) is 93.7 Å². The van der Waals surface area contributed by atoms with Gasteiger partial charge in [0, 0.05) is 0 Å². The smallest absolute Gasteiger partial charge is 0.263 e. The van der Waals surface area contributed by atoms with Gasteiger partial charge in [0.2, 0.25) is 0 Å². The summed E-state index contributed by atoms with van der Waals surface area (Å²) in [6.07, 6.45) is 1.54. The molecule has 2 aromatic carbocycles. The average Bonchev–Trinajstić information content (AvgIpc) is 2.59. The van der Waals surface area contributed by atoms with E-state index in [0.29, 0.717) is 6.61 Å². The molecule has 3 rings (SSSR count). The van der Waals surface area contributed by atoms with Gasteiger partial charge in [-0.25, -0.2) is 0 Å². The molecule has 138 valence electrons. The van der Waals surface area contributed by atoms with Crippen LogP contribution in [-0.2, 0) is 16.2 Å². The Labute approximate surface area is 189 Å². The van der Waals surface area contributed by atoms with Crippen LogP contribution in [0, 0.1) is 14.1 Å². The molecule has 0 unspecified atom stereocenters. The number of nitrogens with one attached hydrogen (secondary N) is 2. The van der Waals surface area contributed by atoms with E-state index in [9.17, 15) is 9.59 Å². The van der Waals surface area contributed by atoms with Gasteiger partial charge < -0.3 is 4.74 Å². The predicted octanol–water partition coefficient (Wildman–Crippen LogP) is 3.70. The van der Waals surface area contributed by atoms with Gasteiger partial charge in [0.25, 0.3) is 11.8 Å². The molecule has 5 nitrogen and oxygen atoms in total. The van der Waals surface area contributed by atoms with Crippen molar-refractivity contribution in [3.8, 4) is 5.75 Å². The Morgan fingerprint density at radius 3 is 2.15 bits per heavy atom. The van der Waals surface area contributed by atoms with Gasteiger partial charge in [-0.1, -0.05) is 29.8 Å². The second-order valence-corrected chi connectivity index (χ2v) is 8.62. The molecule has 0 saturated carbocycles. The third-order valence-electron chi connectivity index (χ3n) is 3.78. The fraction of sp³-hybridized carbons (Fsp3) is 0.105. The van der Waals surface area contributed by atoms with E-state index in [0.717, 1.165) is 24.0 Å². The maximum atomic E-state index is 12.0. The van der Waals surface area contributed by atoms with Crippen molar-refractivity contribution in [1.82, 2.24) is 10.6 Å². The van der Waals surface area contributed by atoms with Crippen molar-refractivity contribution in [3.63, 3.8) is 0 Å². The van der Waals surface area contributed by atoms with E-state index >= 15 is 0 Å². The van der Waals surface area contributed by atoms with Crippen molar-refractivity contribution in [2.75, 3.05) is 0 Å². The first kappa shape index (κ1) is 20.2. The van der Waals surface area contributed by atoms with E-state index in [-0.39, 0.29) is 10.7 Å². The zero-order chi connectivity index (χ0) is 19.6. The molecule has 0 aromatic heterocycles. The molecule has 1 aliphatic rings. The number of hydrogen-bond acceptors (Lipinski definition) is 4. The molecule has 0 aliphatic carbocycles. The SMILES string of the molecule is Cc1ccc(COc2c(I)cc(C=C3C(=O)NC(=S)NC3=O)cc2I)cc1. The lowest BCUT2D eigenvalue weighted by molar-refractivity contribution is -0.123. The van der Waals surface area contributed by atoms with Gasteiger partial charge in [-0.2, -0.15) is 0 Å². The van der Waals surface area contributed by atoms with E-state index in [4.69, 9.17) is 17.0 Å². The number of thiocarbonyl (C=S) groups is 1. The Kier molecular flexibility index (Phi) is 6.48.